The molecular formula is C60H61NO. The maximum Gasteiger partial charge on any atom is 0.159 e. The molecule has 0 amide bonds. The van der Waals surface area contributed by atoms with Crippen LogP contribution in [0.1, 0.15) is 129 Å². The molecule has 1 heterocycles. The topological polar surface area (TPSA) is 16.4 Å². The molecule has 2 aliphatic carbocycles. The average molecular weight is 812 g/mol. The van der Waals surface area contributed by atoms with E-state index in [0.717, 1.165) is 39.0 Å². The summed E-state index contributed by atoms with van der Waals surface area (Å²) in [5, 5.41) is 2.27. The van der Waals surface area contributed by atoms with Gasteiger partial charge in [-0.25, -0.2) is 0 Å². The van der Waals surface area contributed by atoms with Crippen molar-refractivity contribution >= 4 is 39.0 Å². The molecule has 0 atom stereocenters. The highest BCUT2D eigenvalue weighted by Gasteiger charge is 2.40. The molecule has 2 nitrogen and oxygen atoms in total. The van der Waals surface area contributed by atoms with Crippen molar-refractivity contribution in [2.24, 2.45) is 0 Å². The molecule has 312 valence electrons. The summed E-state index contributed by atoms with van der Waals surface area (Å²) in [6, 6.07) is 50.8. The van der Waals surface area contributed by atoms with Gasteiger partial charge in [0.15, 0.2) is 5.58 Å². The third kappa shape index (κ3) is 6.04. The fourth-order valence-electron chi connectivity index (χ4n) is 10.7. The summed E-state index contributed by atoms with van der Waals surface area (Å²) in [6.45, 7) is 30.3. The number of benzene rings is 7. The number of hydrogen-bond acceptors (Lipinski definition) is 2. The second-order valence-corrected chi connectivity index (χ2v) is 22.3. The summed E-state index contributed by atoms with van der Waals surface area (Å²) >= 11 is 0. The lowest BCUT2D eigenvalue weighted by Gasteiger charge is -2.29. The van der Waals surface area contributed by atoms with Gasteiger partial charge in [0.1, 0.15) is 5.58 Å². The first kappa shape index (κ1) is 40.2. The Hall–Kier alpha value is -5.86. The summed E-state index contributed by atoms with van der Waals surface area (Å²) in [5.74, 6) is 0. The van der Waals surface area contributed by atoms with Crippen LogP contribution in [0, 0.1) is 0 Å². The highest BCUT2D eigenvalue weighted by Crippen LogP contribution is 2.55. The second-order valence-electron chi connectivity index (χ2n) is 22.3. The van der Waals surface area contributed by atoms with E-state index in [0.29, 0.717) is 0 Å². The molecule has 62 heavy (non-hydrogen) atoms. The maximum absolute atomic E-state index is 7.30. The molecular weight excluding hydrogens is 751 g/mol. The van der Waals surface area contributed by atoms with Gasteiger partial charge in [-0.1, -0.05) is 181 Å². The Morgan fingerprint density at radius 3 is 1.66 bits per heavy atom. The Morgan fingerprint density at radius 2 is 1.00 bits per heavy atom. The number of anilines is 3. The van der Waals surface area contributed by atoms with Gasteiger partial charge in [-0.2, -0.15) is 0 Å². The molecule has 0 bridgehead atoms. The smallest absolute Gasteiger partial charge is 0.159 e. The minimum absolute atomic E-state index is 0.0150. The highest BCUT2D eigenvalue weighted by atomic mass is 16.3. The lowest BCUT2D eigenvalue weighted by Crippen LogP contribution is -2.18. The summed E-state index contributed by atoms with van der Waals surface area (Å²) in [7, 11) is 0. The average Bonchev–Trinajstić information content (AvgIpc) is 3.79. The van der Waals surface area contributed by atoms with Gasteiger partial charge in [0.2, 0.25) is 0 Å². The van der Waals surface area contributed by atoms with Crippen LogP contribution < -0.4 is 4.90 Å². The lowest BCUT2D eigenvalue weighted by atomic mass is 9.79. The van der Waals surface area contributed by atoms with Crippen molar-refractivity contribution < 1.29 is 4.42 Å². The van der Waals surface area contributed by atoms with Crippen molar-refractivity contribution in [3.63, 3.8) is 0 Å². The first-order valence-electron chi connectivity index (χ1n) is 22.6. The highest BCUT2D eigenvalue weighted by molar-refractivity contribution is 6.12. The summed E-state index contributed by atoms with van der Waals surface area (Å²) in [4.78, 5) is 2.47. The van der Waals surface area contributed by atoms with Crippen LogP contribution in [0.15, 0.2) is 138 Å². The van der Waals surface area contributed by atoms with Crippen molar-refractivity contribution in [3.8, 4) is 33.4 Å². The molecule has 0 saturated heterocycles. The normalized spacial score (nSPS) is 15.1. The Morgan fingerprint density at radius 1 is 0.419 bits per heavy atom. The van der Waals surface area contributed by atoms with Crippen molar-refractivity contribution in [1.29, 1.82) is 0 Å². The first-order valence-corrected chi connectivity index (χ1v) is 22.6. The van der Waals surface area contributed by atoms with E-state index in [-0.39, 0.29) is 27.1 Å². The minimum Gasteiger partial charge on any atom is -0.454 e. The molecule has 7 aromatic carbocycles. The van der Waals surface area contributed by atoms with Crippen LogP contribution in [0.3, 0.4) is 0 Å². The number of fused-ring (bicyclic) bond motifs is 9. The largest absolute Gasteiger partial charge is 0.454 e. The summed E-state index contributed by atoms with van der Waals surface area (Å²) < 4.78 is 7.30. The molecule has 0 aliphatic heterocycles. The zero-order chi connectivity index (χ0) is 43.9. The Labute approximate surface area is 369 Å². The predicted molar refractivity (Wildman–Crippen MR) is 265 cm³/mol. The molecule has 10 rings (SSSR count). The Kier molecular flexibility index (Phi) is 8.64. The predicted octanol–water partition coefficient (Wildman–Crippen LogP) is 17.2. The van der Waals surface area contributed by atoms with Crippen molar-refractivity contribution in [2.45, 2.75) is 117 Å². The van der Waals surface area contributed by atoms with Gasteiger partial charge in [0.05, 0.1) is 5.69 Å². The number of hydrogen-bond donors (Lipinski definition) is 0. The van der Waals surface area contributed by atoms with Crippen molar-refractivity contribution in [2.75, 3.05) is 4.90 Å². The lowest BCUT2D eigenvalue weighted by molar-refractivity contribution is 0.573. The van der Waals surface area contributed by atoms with E-state index in [1.54, 1.807) is 0 Å². The van der Waals surface area contributed by atoms with E-state index in [2.05, 4.69) is 228 Å². The van der Waals surface area contributed by atoms with Gasteiger partial charge in [0, 0.05) is 38.5 Å². The van der Waals surface area contributed by atoms with E-state index in [4.69, 9.17) is 4.42 Å². The molecule has 2 heteroatoms. The molecule has 1 aromatic heterocycles. The van der Waals surface area contributed by atoms with E-state index in [1.165, 1.54) is 72.3 Å². The fraction of sp³-hybridized carbons (Fsp3) is 0.300. The van der Waals surface area contributed by atoms with Crippen LogP contribution in [0.4, 0.5) is 17.1 Å². The second kappa shape index (κ2) is 13.3. The Bertz CT molecular complexity index is 3110. The van der Waals surface area contributed by atoms with Gasteiger partial charge in [-0.15, -0.1) is 0 Å². The zero-order valence-corrected chi connectivity index (χ0v) is 39.1. The third-order valence-corrected chi connectivity index (χ3v) is 14.3. The van der Waals surface area contributed by atoms with Crippen LogP contribution in [-0.4, -0.2) is 0 Å². The number of rotatable bonds is 4. The van der Waals surface area contributed by atoms with E-state index < -0.39 is 0 Å². The van der Waals surface area contributed by atoms with Crippen LogP contribution in [0.5, 0.6) is 0 Å². The molecule has 2 aliphatic rings. The SMILES string of the molecule is CC(C)(C)c1ccc(-c2cc(C(C)(C)C)c3oc4c(N(c5ccc6c(c5)C(C)(C)c5ccccc5-6)c5ccc6c(c5)C(C)(C)c5cccc(C(C)(C)C)c5-6)cccc4c3c2)cc1. The number of nitrogens with zero attached hydrogens (tertiary/aromatic N) is 1. The quantitative estimate of drug-likeness (QED) is 0.176. The molecule has 8 aromatic rings. The fourth-order valence-corrected chi connectivity index (χ4v) is 10.7. The van der Waals surface area contributed by atoms with Gasteiger partial charge in [-0.3, -0.25) is 0 Å². The van der Waals surface area contributed by atoms with Gasteiger partial charge in [-0.05, 0) is 125 Å². The van der Waals surface area contributed by atoms with Crippen LogP contribution in [-0.2, 0) is 27.1 Å². The molecule has 0 N–H and O–H groups in total. The minimum atomic E-state index is -0.177. The van der Waals surface area contributed by atoms with E-state index >= 15 is 0 Å². The zero-order valence-electron chi connectivity index (χ0n) is 39.1. The molecule has 0 radical (unpaired) electrons. The van der Waals surface area contributed by atoms with Crippen molar-refractivity contribution in [3.05, 3.63) is 172 Å². The van der Waals surface area contributed by atoms with Gasteiger partial charge in [0.25, 0.3) is 0 Å². The van der Waals surface area contributed by atoms with Gasteiger partial charge < -0.3 is 9.32 Å². The molecule has 0 unspecified atom stereocenters. The Balaban J connectivity index is 1.22. The van der Waals surface area contributed by atoms with E-state index in [9.17, 15) is 0 Å². The van der Waals surface area contributed by atoms with Crippen LogP contribution >= 0.6 is 0 Å². The first-order chi connectivity index (χ1) is 29.2. The summed E-state index contributed by atoms with van der Waals surface area (Å²) in [6.07, 6.45) is 0. The van der Waals surface area contributed by atoms with E-state index in [1.807, 2.05) is 0 Å². The number of para-hydroxylation sites is 1. The van der Waals surface area contributed by atoms with Crippen LogP contribution in [0.2, 0.25) is 0 Å². The summed E-state index contributed by atoms with van der Waals surface area (Å²) in [5.41, 5.74) is 22.0. The molecule has 0 saturated carbocycles. The standard InChI is InChI=1S/C60H61NO/c1-56(2,3)38-26-24-36(25-27-38)37-32-45-43-19-16-23-52(55(43)62-54(45)51(33-37)58(7,8)9)61(39-28-30-42-41-18-14-15-20-46(41)59(10,11)49(42)34-39)40-29-31-44-50(35-40)60(12,13)48-22-17-21-47(53(44)48)57(4,5)6/h14-35H,1-13H3. The van der Waals surface area contributed by atoms with Gasteiger partial charge >= 0.3 is 0 Å². The van der Waals surface area contributed by atoms with Crippen LogP contribution in [0.25, 0.3) is 55.3 Å². The maximum atomic E-state index is 7.30. The van der Waals surface area contributed by atoms with Crippen molar-refractivity contribution in [1.82, 2.24) is 0 Å². The molecule has 0 fully saturated rings. The third-order valence-electron chi connectivity index (χ3n) is 14.3. The monoisotopic (exact) mass is 811 g/mol. The number of furan rings is 1. The molecule has 0 spiro atoms.